The molecule has 6 nitrogen and oxygen atoms in total. The first-order valence-electron chi connectivity index (χ1n) is 11.8. The Labute approximate surface area is 190 Å². The molecule has 2 atom stereocenters. The molecule has 2 saturated heterocycles. The van der Waals surface area contributed by atoms with Crippen molar-refractivity contribution in [3.63, 3.8) is 0 Å². The molecular weight excluding hydrogens is 400 g/mol. The lowest BCUT2D eigenvalue weighted by atomic mass is 9.88. The maximum atomic E-state index is 13.2. The molecule has 6 heteroatoms. The van der Waals surface area contributed by atoms with Gasteiger partial charge in [0.05, 0.1) is 5.92 Å². The summed E-state index contributed by atoms with van der Waals surface area (Å²) >= 11 is 0. The minimum Gasteiger partial charge on any atom is -0.355 e. The molecule has 0 bridgehead atoms. The number of aryl methyl sites for hydroxylation is 2. The van der Waals surface area contributed by atoms with Gasteiger partial charge in [-0.05, 0) is 66.8 Å². The van der Waals surface area contributed by atoms with Crippen molar-refractivity contribution in [3.05, 3.63) is 58.3 Å². The van der Waals surface area contributed by atoms with E-state index in [2.05, 4.69) is 30.1 Å². The second-order valence-corrected chi connectivity index (χ2v) is 9.74. The minimum atomic E-state index is -0.122. The lowest BCUT2D eigenvalue weighted by Gasteiger charge is -2.36. The van der Waals surface area contributed by atoms with Gasteiger partial charge in [0.2, 0.25) is 5.91 Å². The van der Waals surface area contributed by atoms with E-state index in [1.54, 1.807) is 0 Å². The third-order valence-corrected chi connectivity index (χ3v) is 7.28. The molecule has 0 radical (unpaired) electrons. The number of aromatic nitrogens is 1. The van der Waals surface area contributed by atoms with E-state index in [-0.39, 0.29) is 23.7 Å². The average Bonchev–Trinajstić information content (AvgIpc) is 3.58. The fraction of sp³-hybridized carbons (Fsp3) is 0.500. The zero-order valence-electron chi connectivity index (χ0n) is 19.2. The van der Waals surface area contributed by atoms with Gasteiger partial charge in [-0.1, -0.05) is 25.1 Å². The van der Waals surface area contributed by atoms with Gasteiger partial charge < -0.3 is 15.1 Å². The van der Waals surface area contributed by atoms with E-state index in [0.717, 1.165) is 35.6 Å². The first-order chi connectivity index (χ1) is 15.4. The standard InChI is InChI=1S/C26H32N4O2/c1-16-12-20(23-18(3)14-28-25(23)31)6-7-22(16)26(32)30-10-8-29(9-11-30)24-17(2)13-21(15-27-24)19-4-5-19/h6-7,12-13,15,18-19,23H,4-5,8-11,14H2,1-3H3,(H,28,31)/t18?,23-/m1/s1. The van der Waals surface area contributed by atoms with E-state index in [0.29, 0.717) is 25.6 Å². The van der Waals surface area contributed by atoms with Crippen LogP contribution in [0.25, 0.3) is 0 Å². The van der Waals surface area contributed by atoms with Gasteiger partial charge in [0, 0.05) is 44.5 Å². The van der Waals surface area contributed by atoms with Crippen LogP contribution in [-0.4, -0.2) is 54.4 Å². The van der Waals surface area contributed by atoms with Crippen molar-refractivity contribution >= 4 is 17.6 Å². The molecule has 5 rings (SSSR count). The maximum absolute atomic E-state index is 13.2. The number of nitrogens with zero attached hydrogens (tertiary/aromatic N) is 3. The van der Waals surface area contributed by atoms with Crippen molar-refractivity contribution in [2.24, 2.45) is 5.92 Å². The van der Waals surface area contributed by atoms with E-state index in [9.17, 15) is 9.59 Å². The second kappa shape index (κ2) is 8.23. The van der Waals surface area contributed by atoms with Crippen LogP contribution in [0.1, 0.15) is 64.2 Å². The summed E-state index contributed by atoms with van der Waals surface area (Å²) in [6.45, 7) is 9.87. The van der Waals surface area contributed by atoms with Crippen molar-refractivity contribution in [2.45, 2.75) is 45.4 Å². The summed E-state index contributed by atoms with van der Waals surface area (Å²) in [7, 11) is 0. The van der Waals surface area contributed by atoms with E-state index in [4.69, 9.17) is 4.98 Å². The Morgan fingerprint density at radius 3 is 2.34 bits per heavy atom. The zero-order valence-corrected chi connectivity index (χ0v) is 19.2. The Morgan fingerprint density at radius 1 is 1.03 bits per heavy atom. The van der Waals surface area contributed by atoms with E-state index < -0.39 is 0 Å². The van der Waals surface area contributed by atoms with E-state index in [1.165, 1.54) is 24.0 Å². The number of pyridine rings is 1. The molecule has 1 unspecified atom stereocenters. The van der Waals surface area contributed by atoms with Gasteiger partial charge in [-0.2, -0.15) is 0 Å². The lowest BCUT2D eigenvalue weighted by molar-refractivity contribution is -0.120. The second-order valence-electron chi connectivity index (χ2n) is 9.74. The zero-order chi connectivity index (χ0) is 22.4. The number of hydrogen-bond donors (Lipinski definition) is 1. The van der Waals surface area contributed by atoms with Gasteiger partial charge in [0.25, 0.3) is 5.91 Å². The Bertz CT molecular complexity index is 1050. The van der Waals surface area contributed by atoms with Gasteiger partial charge in [-0.15, -0.1) is 0 Å². The summed E-state index contributed by atoms with van der Waals surface area (Å²) in [6, 6.07) is 8.16. The molecule has 0 spiro atoms. The molecule has 2 aliphatic heterocycles. The molecule has 1 saturated carbocycles. The number of benzene rings is 1. The normalized spacial score (nSPS) is 23.4. The molecular formula is C26H32N4O2. The van der Waals surface area contributed by atoms with Crippen LogP contribution in [0, 0.1) is 19.8 Å². The highest BCUT2D eigenvalue weighted by molar-refractivity contribution is 5.96. The highest BCUT2D eigenvalue weighted by Crippen LogP contribution is 2.40. The molecule has 3 fully saturated rings. The summed E-state index contributed by atoms with van der Waals surface area (Å²) in [5.74, 6) is 2.07. The van der Waals surface area contributed by atoms with Crippen LogP contribution >= 0.6 is 0 Å². The lowest BCUT2D eigenvalue weighted by Crippen LogP contribution is -2.49. The Balaban J connectivity index is 1.25. The van der Waals surface area contributed by atoms with Crippen LogP contribution in [0.15, 0.2) is 30.5 Å². The van der Waals surface area contributed by atoms with Crippen LogP contribution in [0.2, 0.25) is 0 Å². The van der Waals surface area contributed by atoms with Crippen LogP contribution in [0.5, 0.6) is 0 Å². The van der Waals surface area contributed by atoms with Crippen molar-refractivity contribution in [2.75, 3.05) is 37.6 Å². The largest absolute Gasteiger partial charge is 0.355 e. The number of piperazine rings is 1. The summed E-state index contributed by atoms with van der Waals surface area (Å²) in [5, 5.41) is 2.94. The van der Waals surface area contributed by atoms with Crippen molar-refractivity contribution in [1.29, 1.82) is 0 Å². The molecule has 2 aromatic rings. The number of anilines is 1. The number of hydrogen-bond acceptors (Lipinski definition) is 4. The maximum Gasteiger partial charge on any atom is 0.254 e. The quantitative estimate of drug-likeness (QED) is 0.804. The molecule has 3 aliphatic rings. The number of amides is 2. The fourth-order valence-electron chi connectivity index (χ4n) is 5.20. The van der Waals surface area contributed by atoms with E-state index >= 15 is 0 Å². The predicted octanol–water partition coefficient (Wildman–Crippen LogP) is 3.39. The van der Waals surface area contributed by atoms with Gasteiger partial charge >= 0.3 is 0 Å². The SMILES string of the molecule is Cc1cc([C@@H]2C(=O)NCC2C)ccc1C(=O)N1CCN(c2ncc(C3CC3)cc2C)CC1. The molecule has 2 amide bonds. The fourth-order valence-corrected chi connectivity index (χ4v) is 5.20. The summed E-state index contributed by atoms with van der Waals surface area (Å²) in [4.78, 5) is 34.4. The van der Waals surface area contributed by atoms with Crippen molar-refractivity contribution in [1.82, 2.24) is 15.2 Å². The van der Waals surface area contributed by atoms with Crippen LogP contribution in [0.3, 0.4) is 0 Å². The highest BCUT2D eigenvalue weighted by atomic mass is 16.2. The smallest absolute Gasteiger partial charge is 0.254 e. The first kappa shape index (κ1) is 21.0. The highest BCUT2D eigenvalue weighted by Gasteiger charge is 2.33. The molecule has 1 aromatic heterocycles. The molecule has 168 valence electrons. The summed E-state index contributed by atoms with van der Waals surface area (Å²) < 4.78 is 0. The number of carbonyl (C=O) groups is 2. The Hall–Kier alpha value is -2.89. The van der Waals surface area contributed by atoms with Gasteiger partial charge in [-0.3, -0.25) is 9.59 Å². The van der Waals surface area contributed by atoms with Gasteiger partial charge in [-0.25, -0.2) is 4.98 Å². The molecule has 1 aliphatic carbocycles. The van der Waals surface area contributed by atoms with E-state index in [1.807, 2.05) is 36.2 Å². The topological polar surface area (TPSA) is 65.5 Å². The van der Waals surface area contributed by atoms with Crippen LogP contribution < -0.4 is 10.2 Å². The first-order valence-corrected chi connectivity index (χ1v) is 11.8. The van der Waals surface area contributed by atoms with Crippen molar-refractivity contribution < 1.29 is 9.59 Å². The average molecular weight is 433 g/mol. The number of carbonyl (C=O) groups excluding carboxylic acids is 2. The summed E-state index contributed by atoms with van der Waals surface area (Å²) in [5.41, 5.74) is 5.27. The molecule has 1 aromatic carbocycles. The third kappa shape index (κ3) is 3.87. The van der Waals surface area contributed by atoms with Crippen molar-refractivity contribution in [3.8, 4) is 0 Å². The monoisotopic (exact) mass is 432 g/mol. The Kier molecular flexibility index (Phi) is 5.39. The minimum absolute atomic E-state index is 0.0754. The predicted molar refractivity (Wildman–Crippen MR) is 125 cm³/mol. The van der Waals surface area contributed by atoms with Crippen LogP contribution in [0.4, 0.5) is 5.82 Å². The number of nitrogens with one attached hydrogen (secondary N) is 1. The summed E-state index contributed by atoms with van der Waals surface area (Å²) in [6.07, 6.45) is 4.61. The molecule has 32 heavy (non-hydrogen) atoms. The van der Waals surface area contributed by atoms with Gasteiger partial charge in [0.15, 0.2) is 0 Å². The molecule has 1 N–H and O–H groups in total. The molecule has 3 heterocycles. The third-order valence-electron chi connectivity index (χ3n) is 7.28. The van der Waals surface area contributed by atoms with Gasteiger partial charge in [0.1, 0.15) is 5.82 Å². The number of rotatable bonds is 4. The van der Waals surface area contributed by atoms with Crippen LogP contribution in [-0.2, 0) is 4.79 Å². The Morgan fingerprint density at radius 2 is 1.75 bits per heavy atom.